The van der Waals surface area contributed by atoms with Gasteiger partial charge in [0.25, 0.3) is 0 Å². The van der Waals surface area contributed by atoms with Crippen LogP contribution in [0, 0.1) is 11.7 Å². The molecule has 0 aromatic heterocycles. The van der Waals surface area contributed by atoms with E-state index in [9.17, 15) is 9.18 Å². The van der Waals surface area contributed by atoms with Crippen molar-refractivity contribution in [3.05, 3.63) is 53.8 Å². The van der Waals surface area contributed by atoms with Crippen LogP contribution < -0.4 is 14.8 Å². The Morgan fingerprint density at radius 2 is 1.96 bits per heavy atom. The van der Waals surface area contributed by atoms with Gasteiger partial charge in [0.1, 0.15) is 5.82 Å². The van der Waals surface area contributed by atoms with Crippen molar-refractivity contribution in [2.24, 2.45) is 5.92 Å². The molecule has 1 fully saturated rings. The monoisotopic (exact) mass is 372 g/mol. The summed E-state index contributed by atoms with van der Waals surface area (Å²) in [5.41, 5.74) is 1.34. The molecule has 5 nitrogen and oxygen atoms in total. The second-order valence-corrected chi connectivity index (χ2v) is 6.72. The number of halogens is 1. The van der Waals surface area contributed by atoms with E-state index >= 15 is 0 Å². The molecule has 1 amide bonds. The molecule has 3 rings (SSSR count). The van der Waals surface area contributed by atoms with Crippen LogP contribution in [0.4, 0.5) is 10.1 Å². The number of rotatable bonds is 6. The van der Waals surface area contributed by atoms with Gasteiger partial charge in [-0.2, -0.15) is 0 Å². The number of carbonyl (C=O) groups is 1. The molecule has 1 N–H and O–H groups in total. The van der Waals surface area contributed by atoms with Crippen molar-refractivity contribution in [1.29, 1.82) is 0 Å². The van der Waals surface area contributed by atoms with Crippen LogP contribution in [0.3, 0.4) is 0 Å². The maximum atomic E-state index is 13.9. The minimum atomic E-state index is -0.200. The predicted octanol–water partition coefficient (Wildman–Crippen LogP) is 3.69. The first-order valence-corrected chi connectivity index (χ1v) is 9.09. The Hall–Kier alpha value is -2.60. The third-order valence-electron chi connectivity index (χ3n) is 4.88. The summed E-state index contributed by atoms with van der Waals surface area (Å²) in [5.74, 6) is 0.831. The second-order valence-electron chi connectivity index (χ2n) is 6.72. The highest BCUT2D eigenvalue weighted by molar-refractivity contribution is 5.93. The zero-order valence-corrected chi connectivity index (χ0v) is 15.7. The van der Waals surface area contributed by atoms with E-state index in [0.29, 0.717) is 35.8 Å². The highest BCUT2D eigenvalue weighted by Crippen LogP contribution is 2.30. The lowest BCUT2D eigenvalue weighted by Crippen LogP contribution is -2.40. The van der Waals surface area contributed by atoms with Gasteiger partial charge in [-0.15, -0.1) is 0 Å². The molecular weight excluding hydrogens is 347 g/mol. The number of ether oxygens (including phenoxy) is 2. The van der Waals surface area contributed by atoms with Crippen molar-refractivity contribution in [2.75, 3.05) is 32.6 Å². The molecule has 1 unspecified atom stereocenters. The molecule has 0 radical (unpaired) electrons. The molecule has 1 atom stereocenters. The number of piperidine rings is 1. The summed E-state index contributed by atoms with van der Waals surface area (Å²) < 4.78 is 24.4. The lowest BCUT2D eigenvalue weighted by Gasteiger charge is -2.32. The fourth-order valence-corrected chi connectivity index (χ4v) is 3.44. The molecule has 1 aliphatic rings. The fraction of sp³-hybridized carbons (Fsp3) is 0.381. The highest BCUT2D eigenvalue weighted by Gasteiger charge is 2.26. The Morgan fingerprint density at radius 3 is 2.70 bits per heavy atom. The molecule has 27 heavy (non-hydrogen) atoms. The largest absolute Gasteiger partial charge is 0.493 e. The first-order valence-electron chi connectivity index (χ1n) is 9.09. The quantitative estimate of drug-likeness (QED) is 0.840. The number of hydrogen-bond acceptors (Lipinski definition) is 4. The number of methoxy groups -OCH3 is 2. The topological polar surface area (TPSA) is 50.8 Å². The third-order valence-corrected chi connectivity index (χ3v) is 4.88. The molecule has 0 bridgehead atoms. The number of nitrogens with one attached hydrogen (secondary N) is 1. The van der Waals surface area contributed by atoms with Crippen LogP contribution in [0.2, 0.25) is 0 Å². The highest BCUT2D eigenvalue weighted by atomic mass is 19.1. The van der Waals surface area contributed by atoms with Gasteiger partial charge in [-0.1, -0.05) is 18.2 Å². The number of benzene rings is 2. The Kier molecular flexibility index (Phi) is 6.29. The number of amides is 1. The minimum Gasteiger partial charge on any atom is -0.493 e. The zero-order valence-electron chi connectivity index (χ0n) is 15.7. The van der Waals surface area contributed by atoms with E-state index in [0.717, 1.165) is 19.4 Å². The van der Waals surface area contributed by atoms with Crippen LogP contribution in [-0.2, 0) is 11.3 Å². The van der Waals surface area contributed by atoms with Crippen LogP contribution in [0.5, 0.6) is 11.5 Å². The Bertz CT molecular complexity index is 797. The summed E-state index contributed by atoms with van der Waals surface area (Å²) in [6, 6.07) is 12.1. The van der Waals surface area contributed by atoms with Crippen molar-refractivity contribution >= 4 is 11.6 Å². The van der Waals surface area contributed by atoms with Gasteiger partial charge in [-0.25, -0.2) is 4.39 Å². The molecule has 2 aromatic carbocycles. The van der Waals surface area contributed by atoms with E-state index in [1.54, 1.807) is 44.6 Å². The van der Waals surface area contributed by atoms with E-state index in [4.69, 9.17) is 9.47 Å². The summed E-state index contributed by atoms with van der Waals surface area (Å²) in [7, 11) is 3.13. The lowest BCUT2D eigenvalue weighted by molar-refractivity contribution is -0.121. The van der Waals surface area contributed by atoms with Gasteiger partial charge in [0, 0.05) is 30.4 Å². The molecule has 2 aromatic rings. The van der Waals surface area contributed by atoms with Crippen molar-refractivity contribution in [3.8, 4) is 11.5 Å². The van der Waals surface area contributed by atoms with Gasteiger partial charge < -0.3 is 14.8 Å². The Labute approximate surface area is 159 Å². The standard InChI is InChI=1S/C21H25FN2O3/c1-26-19-10-9-17(12-20(19)27-2)23-21(25)16-7-5-11-24(14-16)13-15-6-3-4-8-18(15)22/h3-4,6,8-10,12,16H,5,7,11,13-14H2,1-2H3,(H,23,25). The van der Waals surface area contributed by atoms with E-state index in [1.165, 1.54) is 6.07 Å². The number of anilines is 1. The van der Waals surface area contributed by atoms with Gasteiger partial charge in [-0.3, -0.25) is 9.69 Å². The molecule has 0 aliphatic carbocycles. The summed E-state index contributed by atoms with van der Waals surface area (Å²) >= 11 is 0. The molecular formula is C21H25FN2O3. The van der Waals surface area contributed by atoms with Gasteiger partial charge in [-0.05, 0) is 37.6 Å². The average molecular weight is 372 g/mol. The second kappa shape index (κ2) is 8.86. The van der Waals surface area contributed by atoms with Crippen LogP contribution in [-0.4, -0.2) is 38.1 Å². The molecule has 1 saturated heterocycles. The first kappa shape index (κ1) is 19.2. The fourth-order valence-electron chi connectivity index (χ4n) is 3.44. The number of carbonyl (C=O) groups excluding carboxylic acids is 1. The zero-order chi connectivity index (χ0) is 19.2. The first-order chi connectivity index (χ1) is 13.1. The van der Waals surface area contributed by atoms with Crippen molar-refractivity contribution < 1.29 is 18.7 Å². The summed E-state index contributed by atoms with van der Waals surface area (Å²) in [6.07, 6.45) is 1.74. The van der Waals surface area contributed by atoms with Crippen molar-refractivity contribution in [2.45, 2.75) is 19.4 Å². The summed E-state index contributed by atoms with van der Waals surface area (Å²) in [5, 5.41) is 2.96. The van der Waals surface area contributed by atoms with Gasteiger partial charge in [0.2, 0.25) is 5.91 Å². The smallest absolute Gasteiger partial charge is 0.228 e. The van der Waals surface area contributed by atoms with Crippen molar-refractivity contribution in [3.63, 3.8) is 0 Å². The molecule has 0 spiro atoms. The van der Waals surface area contributed by atoms with Crippen LogP contribution in [0.15, 0.2) is 42.5 Å². The van der Waals surface area contributed by atoms with Gasteiger partial charge in [0.05, 0.1) is 20.1 Å². The number of hydrogen-bond donors (Lipinski definition) is 1. The van der Waals surface area contributed by atoms with Crippen LogP contribution in [0.1, 0.15) is 18.4 Å². The maximum Gasteiger partial charge on any atom is 0.228 e. The lowest BCUT2D eigenvalue weighted by atomic mass is 9.96. The average Bonchev–Trinajstić information content (AvgIpc) is 2.70. The minimum absolute atomic E-state index is 0.0274. The summed E-state index contributed by atoms with van der Waals surface area (Å²) in [6.45, 7) is 2.01. The number of nitrogens with zero attached hydrogens (tertiary/aromatic N) is 1. The van der Waals surface area contributed by atoms with Gasteiger partial charge in [0.15, 0.2) is 11.5 Å². The normalized spacial score (nSPS) is 17.4. The summed E-state index contributed by atoms with van der Waals surface area (Å²) in [4.78, 5) is 14.8. The van der Waals surface area contributed by atoms with E-state index < -0.39 is 0 Å². The SMILES string of the molecule is COc1ccc(NC(=O)C2CCCN(Cc3ccccc3F)C2)cc1OC. The van der Waals surface area contributed by atoms with Crippen molar-refractivity contribution in [1.82, 2.24) is 4.90 Å². The molecule has 1 heterocycles. The number of likely N-dealkylation sites (tertiary alicyclic amines) is 1. The Balaban J connectivity index is 1.62. The van der Waals surface area contributed by atoms with E-state index in [-0.39, 0.29) is 17.6 Å². The molecule has 6 heteroatoms. The van der Waals surface area contributed by atoms with Gasteiger partial charge >= 0.3 is 0 Å². The van der Waals surface area contributed by atoms with E-state index in [1.807, 2.05) is 6.07 Å². The molecule has 0 saturated carbocycles. The molecule has 1 aliphatic heterocycles. The molecule has 144 valence electrons. The van der Waals surface area contributed by atoms with Crippen LogP contribution >= 0.6 is 0 Å². The van der Waals surface area contributed by atoms with E-state index in [2.05, 4.69) is 10.2 Å². The maximum absolute atomic E-state index is 13.9. The predicted molar refractivity (Wildman–Crippen MR) is 103 cm³/mol. The Morgan fingerprint density at radius 1 is 1.19 bits per heavy atom. The van der Waals surface area contributed by atoms with Crippen LogP contribution in [0.25, 0.3) is 0 Å². The third kappa shape index (κ3) is 4.77.